The number of carbonyl (C=O) groups excluding carboxylic acids is 1. The molecule has 0 spiro atoms. The molecule has 0 saturated carbocycles. The van der Waals surface area contributed by atoms with Crippen LogP contribution < -0.4 is 19.8 Å². The highest BCUT2D eigenvalue weighted by Crippen LogP contribution is 2.33. The molecule has 1 amide bonds. The van der Waals surface area contributed by atoms with Gasteiger partial charge in [0.1, 0.15) is 12.4 Å². The number of ether oxygens (including phenoxy) is 3. The zero-order chi connectivity index (χ0) is 25.2. The molecule has 0 aliphatic carbocycles. The number of hydrogen-bond acceptors (Lipinski definition) is 5. The van der Waals surface area contributed by atoms with Crippen molar-refractivity contribution in [3.8, 4) is 22.9 Å². The molecule has 1 aromatic heterocycles. The second-order valence-corrected chi connectivity index (χ2v) is 9.09. The van der Waals surface area contributed by atoms with Crippen LogP contribution in [0.2, 0.25) is 0 Å². The molecule has 37 heavy (non-hydrogen) atoms. The molecule has 0 fully saturated rings. The van der Waals surface area contributed by atoms with E-state index in [2.05, 4.69) is 0 Å². The van der Waals surface area contributed by atoms with Crippen molar-refractivity contribution in [2.75, 3.05) is 19.9 Å². The number of hydrogen-bond donors (Lipinski definition) is 0. The molecule has 3 heterocycles. The predicted molar refractivity (Wildman–Crippen MR) is 137 cm³/mol. The van der Waals surface area contributed by atoms with Gasteiger partial charge in [0.2, 0.25) is 12.7 Å². The fourth-order valence-corrected chi connectivity index (χ4v) is 4.95. The number of para-hydroxylation sites is 2. The zero-order valence-corrected chi connectivity index (χ0v) is 20.3. The number of amides is 1. The minimum absolute atomic E-state index is 0.0107. The van der Waals surface area contributed by atoms with Crippen molar-refractivity contribution < 1.29 is 19.0 Å². The maximum absolute atomic E-state index is 13.5. The van der Waals surface area contributed by atoms with E-state index in [1.807, 2.05) is 88.4 Å². The van der Waals surface area contributed by atoms with E-state index in [9.17, 15) is 9.59 Å². The van der Waals surface area contributed by atoms with Gasteiger partial charge in [0.15, 0.2) is 11.5 Å². The van der Waals surface area contributed by atoms with Crippen molar-refractivity contribution in [3.05, 3.63) is 106 Å². The highest BCUT2D eigenvalue weighted by Gasteiger charge is 2.29. The van der Waals surface area contributed by atoms with Crippen molar-refractivity contribution >= 4 is 5.91 Å². The lowest BCUT2D eigenvalue weighted by Crippen LogP contribution is -2.38. The van der Waals surface area contributed by atoms with Gasteiger partial charge in [-0.15, -0.1) is 0 Å². The van der Waals surface area contributed by atoms with Crippen LogP contribution in [0.3, 0.4) is 0 Å². The van der Waals surface area contributed by atoms with Gasteiger partial charge in [0.25, 0.3) is 5.56 Å². The molecule has 3 aromatic carbocycles. The van der Waals surface area contributed by atoms with Crippen molar-refractivity contribution in [2.45, 2.75) is 25.9 Å². The van der Waals surface area contributed by atoms with Crippen LogP contribution in [-0.2, 0) is 30.7 Å². The number of nitrogens with zero attached hydrogens (tertiary/aromatic N) is 3. The Bertz CT molecular complexity index is 1480. The van der Waals surface area contributed by atoms with Gasteiger partial charge in [-0.2, -0.15) is 0 Å². The summed E-state index contributed by atoms with van der Waals surface area (Å²) >= 11 is 0. The van der Waals surface area contributed by atoms with Crippen LogP contribution in [0.1, 0.15) is 16.8 Å². The molecule has 8 nitrogen and oxygen atoms in total. The lowest BCUT2D eigenvalue weighted by Gasteiger charge is -2.28. The summed E-state index contributed by atoms with van der Waals surface area (Å²) < 4.78 is 20.5. The van der Waals surface area contributed by atoms with Crippen LogP contribution in [0.5, 0.6) is 17.2 Å². The summed E-state index contributed by atoms with van der Waals surface area (Å²) in [7, 11) is 0. The van der Waals surface area contributed by atoms with E-state index < -0.39 is 0 Å². The molecule has 0 N–H and O–H groups in total. The Morgan fingerprint density at radius 3 is 2.49 bits per heavy atom. The van der Waals surface area contributed by atoms with E-state index in [0.717, 1.165) is 28.3 Å². The van der Waals surface area contributed by atoms with Gasteiger partial charge in [0.05, 0.1) is 30.9 Å². The molecule has 0 atom stereocenters. The van der Waals surface area contributed by atoms with Crippen molar-refractivity contribution in [1.82, 2.24) is 14.3 Å². The smallest absolute Gasteiger partial charge is 0.274 e. The van der Waals surface area contributed by atoms with Gasteiger partial charge in [-0.25, -0.2) is 4.68 Å². The van der Waals surface area contributed by atoms with Gasteiger partial charge in [-0.05, 0) is 48.4 Å². The third-order valence-corrected chi connectivity index (χ3v) is 6.79. The van der Waals surface area contributed by atoms with Crippen LogP contribution in [-0.4, -0.2) is 40.1 Å². The minimum Gasteiger partial charge on any atom is -0.492 e. The van der Waals surface area contributed by atoms with Crippen molar-refractivity contribution in [1.29, 1.82) is 0 Å². The highest BCUT2D eigenvalue weighted by atomic mass is 16.7. The molecular formula is C29H27N3O5. The molecule has 188 valence electrons. The summed E-state index contributed by atoms with van der Waals surface area (Å²) in [6.07, 6.45) is 0.771. The Morgan fingerprint density at radius 1 is 0.919 bits per heavy atom. The van der Waals surface area contributed by atoms with Gasteiger partial charge >= 0.3 is 0 Å². The average molecular weight is 498 g/mol. The van der Waals surface area contributed by atoms with Crippen molar-refractivity contribution in [3.63, 3.8) is 0 Å². The van der Waals surface area contributed by atoms with Gasteiger partial charge in [0, 0.05) is 12.1 Å². The molecule has 6 rings (SSSR count). The van der Waals surface area contributed by atoms with Gasteiger partial charge in [-0.3, -0.25) is 14.3 Å². The number of aromatic nitrogens is 2. The first-order valence-electron chi connectivity index (χ1n) is 12.4. The van der Waals surface area contributed by atoms with Crippen LogP contribution >= 0.6 is 0 Å². The van der Waals surface area contributed by atoms with Crippen molar-refractivity contribution in [2.24, 2.45) is 0 Å². The fourth-order valence-electron chi connectivity index (χ4n) is 4.95. The first-order chi connectivity index (χ1) is 18.2. The lowest BCUT2D eigenvalue weighted by molar-refractivity contribution is -0.131. The second kappa shape index (κ2) is 9.89. The number of benzene rings is 3. The maximum Gasteiger partial charge on any atom is 0.274 e. The first-order valence-corrected chi connectivity index (χ1v) is 12.4. The molecule has 0 radical (unpaired) electrons. The second-order valence-electron chi connectivity index (χ2n) is 9.09. The quantitative estimate of drug-likeness (QED) is 0.390. The zero-order valence-electron chi connectivity index (χ0n) is 20.3. The highest BCUT2D eigenvalue weighted by molar-refractivity contribution is 5.79. The summed E-state index contributed by atoms with van der Waals surface area (Å²) in [4.78, 5) is 28.6. The summed E-state index contributed by atoms with van der Waals surface area (Å²) in [6.45, 7) is 1.94. The van der Waals surface area contributed by atoms with E-state index in [-0.39, 0.29) is 24.7 Å². The third-order valence-electron chi connectivity index (χ3n) is 6.79. The average Bonchev–Trinajstić information content (AvgIpc) is 3.51. The van der Waals surface area contributed by atoms with Crippen LogP contribution in [0.25, 0.3) is 5.69 Å². The Hall–Kier alpha value is -4.46. The summed E-state index contributed by atoms with van der Waals surface area (Å²) in [5, 5.41) is 0. The largest absolute Gasteiger partial charge is 0.492 e. The maximum atomic E-state index is 13.5. The summed E-state index contributed by atoms with van der Waals surface area (Å²) in [6, 6.07) is 24.8. The molecule has 8 heteroatoms. The Labute approximate surface area is 214 Å². The molecule has 0 saturated heterocycles. The normalized spacial score (nSPS) is 13.9. The summed E-state index contributed by atoms with van der Waals surface area (Å²) in [5.74, 6) is 2.15. The molecular weight excluding hydrogens is 470 g/mol. The topological polar surface area (TPSA) is 74.9 Å². The monoisotopic (exact) mass is 497 g/mol. The number of carbonyl (C=O) groups is 1. The molecule has 2 aliphatic heterocycles. The van der Waals surface area contributed by atoms with E-state index in [0.29, 0.717) is 44.2 Å². The first kappa shape index (κ1) is 23.0. The Balaban J connectivity index is 1.26. The summed E-state index contributed by atoms with van der Waals surface area (Å²) in [5.41, 5.74) is 3.24. The fraction of sp³-hybridized carbons (Fsp3) is 0.241. The molecule has 0 unspecified atom stereocenters. The molecule has 2 aliphatic rings. The van der Waals surface area contributed by atoms with Crippen LogP contribution in [0.15, 0.2) is 83.7 Å². The Morgan fingerprint density at radius 2 is 1.68 bits per heavy atom. The molecule has 0 bridgehead atoms. The van der Waals surface area contributed by atoms with E-state index in [1.54, 1.807) is 4.68 Å². The lowest BCUT2D eigenvalue weighted by atomic mass is 10.1. The van der Waals surface area contributed by atoms with E-state index >= 15 is 0 Å². The number of rotatable bonds is 7. The van der Waals surface area contributed by atoms with Gasteiger partial charge < -0.3 is 19.1 Å². The third kappa shape index (κ3) is 4.58. The molecule has 4 aromatic rings. The SMILES string of the molecule is O=C(Cc1ccc2c(c1)OCO2)N1CCc2c(n(CCOc3ccccc3)n(-c3ccccc3)c2=O)C1. The van der Waals surface area contributed by atoms with E-state index in [4.69, 9.17) is 14.2 Å². The van der Waals surface area contributed by atoms with Crippen LogP contribution in [0.4, 0.5) is 0 Å². The number of fused-ring (bicyclic) bond motifs is 2. The van der Waals surface area contributed by atoms with Crippen LogP contribution in [0, 0.1) is 0 Å². The van der Waals surface area contributed by atoms with E-state index in [1.165, 1.54) is 0 Å². The standard InChI is InChI=1S/C29H27N3O5/c33-28(18-21-11-12-26-27(17-21)37-20-36-26)30-14-13-24-25(19-30)31(15-16-35-23-9-5-2-6-10-23)32(29(24)34)22-7-3-1-4-8-22/h1-12,17H,13-16,18-20H2. The predicted octanol–water partition coefficient (Wildman–Crippen LogP) is 3.57. The minimum atomic E-state index is -0.0382. The van der Waals surface area contributed by atoms with Gasteiger partial charge in [-0.1, -0.05) is 42.5 Å². The Kier molecular flexibility index (Phi) is 6.14.